The normalized spacial score (nSPS) is 15.1. The van der Waals surface area contributed by atoms with Gasteiger partial charge in [0.15, 0.2) is 0 Å². The van der Waals surface area contributed by atoms with Crippen LogP contribution in [0.25, 0.3) is 0 Å². The molecule has 0 bridgehead atoms. The third-order valence-electron chi connectivity index (χ3n) is 7.56. The van der Waals surface area contributed by atoms with Crippen molar-refractivity contribution in [3.8, 4) is 11.5 Å². The Balaban J connectivity index is 2.77. The second kappa shape index (κ2) is 14.2. The van der Waals surface area contributed by atoms with Crippen LogP contribution in [0.1, 0.15) is 153 Å². The molecule has 3 heteroatoms. The van der Waals surface area contributed by atoms with E-state index in [0.717, 1.165) is 61.2 Å². The van der Waals surface area contributed by atoms with Gasteiger partial charge in [-0.05, 0) is 83.7 Å². The van der Waals surface area contributed by atoms with Gasteiger partial charge in [0.25, 0.3) is 0 Å². The summed E-state index contributed by atoms with van der Waals surface area (Å²) in [7, 11) is 0. The molecule has 0 aromatic heterocycles. The molecule has 0 heterocycles. The fourth-order valence-corrected chi connectivity index (χ4v) is 7.14. The first-order chi connectivity index (χ1) is 16.7. The van der Waals surface area contributed by atoms with Gasteiger partial charge in [-0.1, -0.05) is 105 Å². The second-order valence-corrected chi connectivity index (χ2v) is 11.7. The molecular weight excluding hydrogens is 448 g/mol. The zero-order valence-corrected chi connectivity index (χ0v) is 24.4. The van der Waals surface area contributed by atoms with Gasteiger partial charge in [0.1, 0.15) is 11.5 Å². The predicted octanol–water partition coefficient (Wildman–Crippen LogP) is 10.9. The molecule has 0 fully saturated rings. The maximum absolute atomic E-state index is 11.2. The quantitative estimate of drug-likeness (QED) is 0.272. The predicted molar refractivity (Wildman–Crippen MR) is 154 cm³/mol. The first kappa shape index (κ1) is 29.6. The number of phenolic OH excluding ortho intramolecular Hbond substituents is 2. The maximum Gasteiger partial charge on any atom is 0.129 e. The Bertz CT molecular complexity index is 860. The Morgan fingerprint density at radius 2 is 0.857 bits per heavy atom. The average Bonchev–Trinajstić information content (AvgIpc) is 2.81. The summed E-state index contributed by atoms with van der Waals surface area (Å²) in [5.41, 5.74) is 5.26. The van der Waals surface area contributed by atoms with Gasteiger partial charge in [-0.3, -0.25) is 0 Å². The lowest BCUT2D eigenvalue weighted by atomic mass is 9.85. The van der Waals surface area contributed by atoms with E-state index in [-0.39, 0.29) is 0 Å². The van der Waals surface area contributed by atoms with E-state index in [4.69, 9.17) is 0 Å². The lowest BCUT2D eigenvalue weighted by Crippen LogP contribution is -2.08. The molecule has 2 nitrogen and oxygen atoms in total. The fraction of sp³-hybridized carbons (Fsp3) is 0.625. The van der Waals surface area contributed by atoms with E-state index in [9.17, 15) is 10.2 Å². The van der Waals surface area contributed by atoms with Crippen molar-refractivity contribution in [3.63, 3.8) is 0 Å². The summed E-state index contributed by atoms with van der Waals surface area (Å²) in [4.78, 5) is 1.87. The highest BCUT2D eigenvalue weighted by Gasteiger charge is 2.26. The van der Waals surface area contributed by atoms with E-state index in [1.807, 2.05) is 12.1 Å². The third-order valence-corrected chi connectivity index (χ3v) is 8.82. The zero-order chi connectivity index (χ0) is 26.1. The minimum absolute atomic E-state index is 0.334. The number of aromatic hydroxyl groups is 2. The van der Waals surface area contributed by atoms with Crippen molar-refractivity contribution >= 4 is 11.8 Å². The lowest BCUT2D eigenvalue weighted by Gasteiger charge is -2.27. The zero-order valence-electron chi connectivity index (χ0n) is 23.6. The molecule has 0 amide bonds. The minimum Gasteiger partial charge on any atom is -0.507 e. The number of phenols is 2. The third kappa shape index (κ3) is 7.21. The molecule has 4 unspecified atom stereocenters. The molecule has 196 valence electrons. The van der Waals surface area contributed by atoms with Crippen LogP contribution in [-0.4, -0.2) is 10.2 Å². The highest BCUT2D eigenvalue weighted by Crippen LogP contribution is 2.50. The molecule has 0 saturated carbocycles. The molecule has 0 aliphatic carbocycles. The van der Waals surface area contributed by atoms with Crippen molar-refractivity contribution < 1.29 is 10.2 Å². The Labute approximate surface area is 219 Å². The minimum atomic E-state index is 0.334. The number of hydrogen-bond acceptors (Lipinski definition) is 3. The van der Waals surface area contributed by atoms with Crippen LogP contribution in [0.5, 0.6) is 11.5 Å². The molecule has 0 radical (unpaired) electrons. The Morgan fingerprint density at radius 1 is 0.543 bits per heavy atom. The van der Waals surface area contributed by atoms with Gasteiger partial charge in [0, 0.05) is 0 Å². The molecule has 0 aliphatic heterocycles. The largest absolute Gasteiger partial charge is 0.507 e. The van der Waals surface area contributed by atoms with Crippen molar-refractivity contribution in [1.29, 1.82) is 0 Å². The monoisotopic (exact) mass is 498 g/mol. The molecular formula is C32H50O2S. The van der Waals surface area contributed by atoms with Crippen LogP contribution in [0.4, 0.5) is 0 Å². The summed E-state index contributed by atoms with van der Waals surface area (Å²) in [5.74, 6) is 2.26. The van der Waals surface area contributed by atoms with E-state index >= 15 is 0 Å². The van der Waals surface area contributed by atoms with Gasteiger partial charge in [0.2, 0.25) is 0 Å². The number of rotatable bonds is 14. The smallest absolute Gasteiger partial charge is 0.129 e. The SMILES string of the molecule is CCCC(C)c1ccc(O)c(Sc2c(O)ccc(C(C)CCC)c2C(C)CCC)c1C(C)CCC. The molecule has 35 heavy (non-hydrogen) atoms. The first-order valence-corrected chi connectivity index (χ1v) is 14.9. The van der Waals surface area contributed by atoms with Crippen LogP contribution in [-0.2, 0) is 0 Å². The van der Waals surface area contributed by atoms with Crippen molar-refractivity contribution in [1.82, 2.24) is 0 Å². The molecule has 2 rings (SSSR count). The second-order valence-electron chi connectivity index (χ2n) is 10.7. The highest BCUT2D eigenvalue weighted by atomic mass is 32.2. The summed E-state index contributed by atoms with van der Waals surface area (Å²) < 4.78 is 0. The molecule has 2 N–H and O–H groups in total. The van der Waals surface area contributed by atoms with Crippen molar-refractivity contribution in [2.75, 3.05) is 0 Å². The molecule has 0 saturated heterocycles. The molecule has 0 aliphatic rings. The topological polar surface area (TPSA) is 40.5 Å². The van der Waals surface area contributed by atoms with Gasteiger partial charge in [0.05, 0.1) is 9.79 Å². The molecule has 2 aromatic carbocycles. The van der Waals surface area contributed by atoms with E-state index < -0.39 is 0 Å². The highest BCUT2D eigenvalue weighted by molar-refractivity contribution is 7.99. The lowest BCUT2D eigenvalue weighted by molar-refractivity contribution is 0.453. The van der Waals surface area contributed by atoms with Gasteiger partial charge in [-0.25, -0.2) is 0 Å². The maximum atomic E-state index is 11.2. The Morgan fingerprint density at radius 3 is 1.17 bits per heavy atom. The van der Waals surface area contributed by atoms with Crippen LogP contribution >= 0.6 is 11.8 Å². The van der Waals surface area contributed by atoms with Crippen molar-refractivity contribution in [3.05, 3.63) is 46.5 Å². The standard InChI is InChI=1S/C32H50O2S/c1-9-13-21(5)25-17-19-27(33)31(29(25)23(7)15-11-3)35-32-28(34)20-18-26(22(6)14-10-2)30(32)24(8)16-12-4/h17-24,33-34H,9-16H2,1-8H3. The van der Waals surface area contributed by atoms with Gasteiger partial charge in [-0.2, -0.15) is 0 Å². The van der Waals surface area contributed by atoms with Crippen LogP contribution in [0.2, 0.25) is 0 Å². The first-order valence-electron chi connectivity index (χ1n) is 14.1. The molecule has 0 spiro atoms. The summed E-state index contributed by atoms with van der Waals surface area (Å²) in [6, 6.07) is 8.03. The summed E-state index contributed by atoms with van der Waals surface area (Å²) in [5, 5.41) is 22.4. The number of benzene rings is 2. The number of hydrogen-bond donors (Lipinski definition) is 2. The molecule has 4 atom stereocenters. The summed E-state index contributed by atoms with van der Waals surface area (Å²) in [6.07, 6.45) is 8.94. The van der Waals surface area contributed by atoms with Gasteiger partial charge in [-0.15, -0.1) is 0 Å². The molecule has 2 aromatic rings. The van der Waals surface area contributed by atoms with Crippen molar-refractivity contribution in [2.24, 2.45) is 0 Å². The van der Waals surface area contributed by atoms with Crippen LogP contribution in [0, 0.1) is 0 Å². The van der Waals surface area contributed by atoms with Crippen LogP contribution in [0.3, 0.4) is 0 Å². The average molecular weight is 499 g/mol. The van der Waals surface area contributed by atoms with Gasteiger partial charge < -0.3 is 10.2 Å². The van der Waals surface area contributed by atoms with E-state index in [2.05, 4.69) is 67.5 Å². The summed E-state index contributed by atoms with van der Waals surface area (Å²) in [6.45, 7) is 18.2. The van der Waals surface area contributed by atoms with Gasteiger partial charge >= 0.3 is 0 Å². The van der Waals surface area contributed by atoms with E-state index in [0.29, 0.717) is 35.2 Å². The van der Waals surface area contributed by atoms with Crippen molar-refractivity contribution in [2.45, 2.75) is 140 Å². The Kier molecular flexibility index (Phi) is 12.0. The fourth-order valence-electron chi connectivity index (χ4n) is 5.73. The van der Waals surface area contributed by atoms with E-state index in [1.165, 1.54) is 22.3 Å². The van der Waals surface area contributed by atoms with E-state index in [1.54, 1.807) is 11.8 Å². The van der Waals surface area contributed by atoms with Crippen LogP contribution < -0.4 is 0 Å². The summed E-state index contributed by atoms with van der Waals surface area (Å²) >= 11 is 1.60. The Hall–Kier alpha value is -1.61. The van der Waals surface area contributed by atoms with Crippen LogP contribution in [0.15, 0.2) is 34.1 Å².